The zero-order chi connectivity index (χ0) is 29.3. The Morgan fingerprint density at radius 2 is 1.43 bits per heavy atom. The molecule has 1 atom stereocenters. The second-order valence-electron chi connectivity index (χ2n) is 9.89. The first-order valence-electron chi connectivity index (χ1n) is 13.8. The van der Waals surface area contributed by atoms with Crippen molar-refractivity contribution in [1.82, 2.24) is 0 Å². The third-order valence-electron chi connectivity index (χ3n) is 6.68. The molecule has 40 heavy (non-hydrogen) atoms. The summed E-state index contributed by atoms with van der Waals surface area (Å²) in [4.78, 5) is 21.2. The number of aliphatic hydroxyl groups excluding tert-OH is 3. The molecule has 0 aliphatic heterocycles. The Bertz CT molecular complexity index is 1250. The highest BCUT2D eigenvalue weighted by Gasteiger charge is 2.15. The lowest BCUT2D eigenvalue weighted by molar-refractivity contribution is -0.140. The lowest BCUT2D eigenvalue weighted by Crippen LogP contribution is -2.17. The minimum atomic E-state index is -0.641. The maximum absolute atomic E-state index is 11.7. The Balaban J connectivity index is 0.000000840. The Kier molecular flexibility index (Phi) is 14.6. The maximum atomic E-state index is 11.7. The van der Waals surface area contributed by atoms with E-state index in [-0.39, 0.29) is 36.9 Å². The average Bonchev–Trinajstić information content (AvgIpc) is 3.00. The molecule has 0 saturated carbocycles. The van der Waals surface area contributed by atoms with Gasteiger partial charge in [0.2, 0.25) is 0 Å². The molecule has 3 N–H and O–H groups in total. The first-order valence-corrected chi connectivity index (χ1v) is 13.8. The van der Waals surface area contributed by atoms with Gasteiger partial charge in [0.15, 0.2) is 0 Å². The number of hydrogen-bond acceptors (Lipinski definition) is 6. The molecule has 0 fully saturated rings. The molecular formula is C34H42O6. The van der Waals surface area contributed by atoms with Crippen LogP contribution in [0.3, 0.4) is 0 Å². The van der Waals surface area contributed by atoms with E-state index < -0.39 is 12.6 Å². The molecule has 0 heterocycles. The first-order chi connectivity index (χ1) is 19.3. The van der Waals surface area contributed by atoms with Crippen LogP contribution in [0.1, 0.15) is 54.4 Å². The monoisotopic (exact) mass is 546 g/mol. The van der Waals surface area contributed by atoms with Gasteiger partial charge >= 0.3 is 5.97 Å². The van der Waals surface area contributed by atoms with Crippen LogP contribution in [0, 0.1) is 0 Å². The number of benzene rings is 3. The Labute approximate surface area is 237 Å². The van der Waals surface area contributed by atoms with Gasteiger partial charge in [0.25, 0.3) is 0 Å². The van der Waals surface area contributed by atoms with Gasteiger partial charge in [0.05, 0.1) is 25.4 Å². The number of aliphatic hydroxyl groups is 3. The standard InChI is InChI=1S/C30H36O4.C4H6O2/c1-3-4-5-6-23-7-9-24(10-8-23)11-12-25-13-14-27-18-28(16-15-26(27)17-25)29(20-32)21-34-30(33)22(2)19-31;1-4(2-5)3-6/h7-10,13-18,29,31-32H,2-6,11-12,19-21H2,1H3;2,6H,1,3H2. The molecule has 1 unspecified atom stereocenters. The molecule has 6 heteroatoms. The normalized spacial score (nSPS) is 11.3. The van der Waals surface area contributed by atoms with Crippen LogP contribution in [-0.4, -0.2) is 54.0 Å². The largest absolute Gasteiger partial charge is 0.462 e. The average molecular weight is 547 g/mol. The van der Waals surface area contributed by atoms with Crippen LogP contribution in [0.4, 0.5) is 0 Å². The predicted molar refractivity (Wildman–Crippen MR) is 160 cm³/mol. The molecule has 0 bridgehead atoms. The lowest BCUT2D eigenvalue weighted by atomic mass is 9.95. The van der Waals surface area contributed by atoms with E-state index in [1.165, 1.54) is 36.0 Å². The molecular weight excluding hydrogens is 504 g/mol. The number of hydrogen-bond donors (Lipinski definition) is 3. The highest BCUT2D eigenvalue weighted by atomic mass is 16.5. The summed E-state index contributed by atoms with van der Waals surface area (Å²) in [5, 5.41) is 29.0. The summed E-state index contributed by atoms with van der Waals surface area (Å²) < 4.78 is 5.18. The van der Waals surface area contributed by atoms with Crippen LogP contribution in [0.5, 0.6) is 0 Å². The van der Waals surface area contributed by atoms with E-state index in [2.05, 4.69) is 68.6 Å². The zero-order valence-corrected chi connectivity index (χ0v) is 23.5. The molecule has 0 aliphatic rings. The quantitative estimate of drug-likeness (QED) is 0.104. The summed E-state index contributed by atoms with van der Waals surface area (Å²) in [5.41, 5.74) is 5.21. The second kappa shape index (κ2) is 17.9. The zero-order valence-electron chi connectivity index (χ0n) is 23.5. The van der Waals surface area contributed by atoms with E-state index in [9.17, 15) is 14.7 Å². The van der Waals surface area contributed by atoms with Crippen molar-refractivity contribution in [3.63, 3.8) is 0 Å². The summed E-state index contributed by atoms with van der Waals surface area (Å²) >= 11 is 0. The van der Waals surface area contributed by atoms with Crippen LogP contribution in [0.25, 0.3) is 10.8 Å². The fourth-order valence-corrected chi connectivity index (χ4v) is 4.10. The number of ether oxygens (including phenoxy) is 1. The molecule has 0 saturated heterocycles. The highest BCUT2D eigenvalue weighted by molar-refractivity contribution is 5.88. The van der Waals surface area contributed by atoms with Crippen LogP contribution < -0.4 is 0 Å². The molecule has 0 spiro atoms. The number of aryl methyl sites for hydroxylation is 3. The second-order valence-corrected chi connectivity index (χ2v) is 9.89. The van der Waals surface area contributed by atoms with E-state index in [4.69, 9.17) is 14.9 Å². The van der Waals surface area contributed by atoms with Gasteiger partial charge < -0.3 is 20.1 Å². The van der Waals surface area contributed by atoms with Crippen molar-refractivity contribution >= 4 is 23.0 Å². The minimum Gasteiger partial charge on any atom is -0.462 e. The molecule has 0 radical (unpaired) electrons. The number of rotatable bonds is 15. The predicted octanol–water partition coefficient (Wildman–Crippen LogP) is 5.26. The number of carbonyl (C=O) groups is 2. The molecule has 3 aromatic rings. The van der Waals surface area contributed by atoms with Crippen LogP contribution in [0.15, 0.2) is 85.0 Å². The number of carbonyl (C=O) groups excluding carboxylic acids is 2. The molecule has 0 aliphatic carbocycles. The van der Waals surface area contributed by atoms with Crippen molar-refractivity contribution in [2.24, 2.45) is 0 Å². The smallest absolute Gasteiger partial charge is 0.335 e. The first kappa shape index (κ1) is 32.6. The van der Waals surface area contributed by atoms with Crippen molar-refractivity contribution in [1.29, 1.82) is 0 Å². The van der Waals surface area contributed by atoms with Crippen LogP contribution >= 0.6 is 0 Å². The van der Waals surface area contributed by atoms with Gasteiger partial charge in [-0.2, -0.15) is 0 Å². The summed E-state index contributed by atoms with van der Waals surface area (Å²) in [7, 11) is 0. The SMILES string of the molecule is C=C(C=O)CO.C=C(CO)C(=O)OCC(CO)c1ccc2cc(CCc3ccc(CCCCC)cc3)ccc2c1. The number of fused-ring (bicyclic) bond motifs is 1. The summed E-state index contributed by atoms with van der Waals surface area (Å²) in [5.74, 6) is -0.970. The molecule has 6 nitrogen and oxygen atoms in total. The van der Waals surface area contributed by atoms with E-state index in [0.29, 0.717) is 6.29 Å². The van der Waals surface area contributed by atoms with E-state index in [0.717, 1.165) is 35.6 Å². The third kappa shape index (κ3) is 10.9. The molecule has 0 aromatic heterocycles. The van der Waals surface area contributed by atoms with Gasteiger partial charge in [-0.15, -0.1) is 0 Å². The van der Waals surface area contributed by atoms with Crippen molar-refractivity contribution in [3.05, 3.63) is 107 Å². The van der Waals surface area contributed by atoms with Gasteiger partial charge in [-0.25, -0.2) is 4.79 Å². The number of unbranched alkanes of at least 4 members (excludes halogenated alkanes) is 2. The molecule has 3 aromatic carbocycles. The van der Waals surface area contributed by atoms with Crippen LogP contribution in [0.2, 0.25) is 0 Å². The Morgan fingerprint density at radius 1 is 0.825 bits per heavy atom. The fraction of sp³-hybridized carbons (Fsp3) is 0.353. The van der Waals surface area contributed by atoms with Gasteiger partial charge in [0, 0.05) is 11.5 Å². The summed E-state index contributed by atoms with van der Waals surface area (Å²) in [6.07, 6.45) is 7.49. The van der Waals surface area contributed by atoms with Crippen LogP contribution in [-0.2, 0) is 33.6 Å². The molecule has 3 rings (SSSR count). The highest BCUT2D eigenvalue weighted by Crippen LogP contribution is 2.24. The number of esters is 1. The fourth-order valence-electron chi connectivity index (χ4n) is 4.10. The van der Waals surface area contributed by atoms with E-state index in [1.807, 2.05) is 12.1 Å². The van der Waals surface area contributed by atoms with E-state index in [1.54, 1.807) is 0 Å². The number of aldehydes is 1. The van der Waals surface area contributed by atoms with Gasteiger partial charge in [-0.3, -0.25) is 4.79 Å². The van der Waals surface area contributed by atoms with Gasteiger partial charge in [-0.05, 0) is 58.7 Å². The third-order valence-corrected chi connectivity index (χ3v) is 6.68. The van der Waals surface area contributed by atoms with Crippen molar-refractivity contribution in [2.45, 2.75) is 51.4 Å². The minimum absolute atomic E-state index is 0.00523. The Hall–Kier alpha value is -3.58. The Morgan fingerprint density at radius 3 is 2.00 bits per heavy atom. The van der Waals surface area contributed by atoms with Crippen molar-refractivity contribution in [3.8, 4) is 0 Å². The van der Waals surface area contributed by atoms with Gasteiger partial charge in [0.1, 0.15) is 12.9 Å². The van der Waals surface area contributed by atoms with E-state index >= 15 is 0 Å². The van der Waals surface area contributed by atoms with Gasteiger partial charge in [-0.1, -0.05) is 93.6 Å². The lowest BCUT2D eigenvalue weighted by Gasteiger charge is -2.16. The summed E-state index contributed by atoms with van der Waals surface area (Å²) in [6.45, 7) is 8.10. The summed E-state index contributed by atoms with van der Waals surface area (Å²) in [6, 6.07) is 21.6. The topological polar surface area (TPSA) is 104 Å². The molecule has 0 amide bonds. The van der Waals surface area contributed by atoms with Crippen molar-refractivity contribution < 1.29 is 29.6 Å². The maximum Gasteiger partial charge on any atom is 0.335 e. The molecule has 214 valence electrons. The van der Waals surface area contributed by atoms with Crippen molar-refractivity contribution in [2.75, 3.05) is 26.4 Å².